The fourth-order valence-electron chi connectivity index (χ4n) is 8.30. The summed E-state index contributed by atoms with van der Waals surface area (Å²) in [7, 11) is 8.03. The predicted octanol–water partition coefficient (Wildman–Crippen LogP) is 7.98. The molecule has 1 atom stereocenters. The second-order valence-corrected chi connectivity index (χ2v) is 15.8. The molecule has 10 aromatic rings. The summed E-state index contributed by atoms with van der Waals surface area (Å²) in [4.78, 5) is 5.00. The molecule has 1 N–H and O–H groups in total. The Hall–Kier alpha value is -6.23. The van der Waals surface area contributed by atoms with E-state index < -0.39 is 10.6 Å². The SMILES string of the molecule is BC(B)(B)C(B)(O)c1nc2ccccc2n1-c1ccc(-c2c3ccccc3c(-c3cccc4oc5ccccc5c34)c3cc(-c4ccccc4)ccc23)cc1. The maximum absolute atomic E-state index is 12.0. The number of aromatic nitrogens is 2. The van der Waals surface area contributed by atoms with E-state index in [-0.39, 0.29) is 0 Å². The zero-order valence-corrected chi connectivity index (χ0v) is 31.3. The second kappa shape index (κ2) is 12.4. The van der Waals surface area contributed by atoms with E-state index in [2.05, 4.69) is 168 Å². The Kier molecular flexibility index (Phi) is 7.52. The first-order valence-electron chi connectivity index (χ1n) is 18.9. The highest BCUT2D eigenvalue weighted by Crippen LogP contribution is 2.48. The minimum Gasteiger partial charge on any atom is -0.456 e. The van der Waals surface area contributed by atoms with E-state index in [1.807, 2.05) is 32.1 Å². The maximum Gasteiger partial charge on any atom is 0.150 e. The topological polar surface area (TPSA) is 51.2 Å². The van der Waals surface area contributed by atoms with Crippen LogP contribution in [0.4, 0.5) is 0 Å². The molecule has 0 radical (unpaired) electrons. The number of furan rings is 1. The van der Waals surface area contributed by atoms with Gasteiger partial charge < -0.3 is 9.52 Å². The Labute approximate surface area is 323 Å². The van der Waals surface area contributed by atoms with Gasteiger partial charge in [-0.05, 0) is 97.4 Å². The van der Waals surface area contributed by atoms with Gasteiger partial charge in [0.1, 0.15) is 17.0 Å². The average molecular weight is 704 g/mol. The van der Waals surface area contributed by atoms with Gasteiger partial charge in [0.15, 0.2) is 7.85 Å². The van der Waals surface area contributed by atoms with E-state index in [9.17, 15) is 5.11 Å². The normalized spacial score (nSPS) is 13.3. The van der Waals surface area contributed by atoms with Crippen molar-refractivity contribution in [2.45, 2.75) is 10.6 Å². The molecule has 8 heteroatoms. The van der Waals surface area contributed by atoms with Gasteiger partial charge in [-0.1, -0.05) is 126 Å². The van der Waals surface area contributed by atoms with Crippen LogP contribution in [0.15, 0.2) is 168 Å². The van der Waals surface area contributed by atoms with Crippen LogP contribution in [0.5, 0.6) is 0 Å². The van der Waals surface area contributed by atoms with Crippen molar-refractivity contribution < 1.29 is 9.52 Å². The van der Waals surface area contributed by atoms with Crippen LogP contribution >= 0.6 is 0 Å². The van der Waals surface area contributed by atoms with E-state index >= 15 is 0 Å². The Morgan fingerprint density at radius 1 is 0.509 bits per heavy atom. The Balaban J connectivity index is 1.25. The van der Waals surface area contributed by atoms with Crippen molar-refractivity contribution in [3.8, 4) is 39.1 Å². The molecule has 0 spiro atoms. The summed E-state index contributed by atoms with van der Waals surface area (Å²) < 4.78 is 8.54. The predicted molar refractivity (Wildman–Crippen MR) is 240 cm³/mol. The molecule has 258 valence electrons. The van der Waals surface area contributed by atoms with Gasteiger partial charge in [0.2, 0.25) is 0 Å². The number of hydrogen-bond acceptors (Lipinski definition) is 3. The van der Waals surface area contributed by atoms with Crippen LogP contribution in [0.1, 0.15) is 5.82 Å². The van der Waals surface area contributed by atoms with Gasteiger partial charge in [0.05, 0.1) is 40.1 Å². The number of benzene rings is 8. The van der Waals surface area contributed by atoms with E-state index in [1.54, 1.807) is 0 Å². The quantitative estimate of drug-likeness (QED) is 0.141. The molecule has 0 bridgehead atoms. The summed E-state index contributed by atoms with van der Waals surface area (Å²) in [6.45, 7) is 0. The third kappa shape index (κ3) is 5.20. The largest absolute Gasteiger partial charge is 0.456 e. The maximum atomic E-state index is 12.0. The van der Waals surface area contributed by atoms with Crippen molar-refractivity contribution in [2.75, 3.05) is 0 Å². The molecule has 0 saturated heterocycles. The first kappa shape index (κ1) is 33.3. The first-order valence-corrected chi connectivity index (χ1v) is 18.9. The van der Waals surface area contributed by atoms with Crippen LogP contribution in [0.2, 0.25) is 5.11 Å². The lowest BCUT2D eigenvalue weighted by Crippen LogP contribution is -2.44. The van der Waals surface area contributed by atoms with Gasteiger partial charge in [-0.2, -0.15) is 0 Å². The van der Waals surface area contributed by atoms with Crippen molar-refractivity contribution in [3.05, 3.63) is 170 Å². The van der Waals surface area contributed by atoms with E-state index in [1.165, 1.54) is 43.8 Å². The van der Waals surface area contributed by atoms with Gasteiger partial charge in [-0.15, -0.1) is 0 Å². The minimum absolute atomic E-state index is 0.447. The summed E-state index contributed by atoms with van der Waals surface area (Å²) in [5, 5.41) is 18.5. The molecule has 0 amide bonds. The van der Waals surface area contributed by atoms with Crippen LogP contribution in [0.3, 0.4) is 0 Å². The summed E-state index contributed by atoms with van der Waals surface area (Å²) in [5.74, 6) is 0.628. The van der Waals surface area contributed by atoms with Crippen molar-refractivity contribution in [3.63, 3.8) is 0 Å². The van der Waals surface area contributed by atoms with Crippen molar-refractivity contribution in [1.82, 2.24) is 9.55 Å². The first-order chi connectivity index (χ1) is 26.7. The molecule has 55 heavy (non-hydrogen) atoms. The van der Waals surface area contributed by atoms with Crippen LogP contribution < -0.4 is 0 Å². The zero-order chi connectivity index (χ0) is 37.5. The van der Waals surface area contributed by atoms with Crippen molar-refractivity contribution >= 4 is 85.9 Å². The second-order valence-electron chi connectivity index (χ2n) is 15.8. The molecular weight excluding hydrogens is 668 g/mol. The number of para-hydroxylation sites is 3. The van der Waals surface area contributed by atoms with E-state index in [0.29, 0.717) is 5.82 Å². The minimum atomic E-state index is -1.19. The van der Waals surface area contributed by atoms with E-state index in [0.717, 1.165) is 49.8 Å². The van der Waals surface area contributed by atoms with Gasteiger partial charge in [-0.25, -0.2) is 4.98 Å². The third-order valence-electron chi connectivity index (χ3n) is 11.7. The van der Waals surface area contributed by atoms with Crippen LogP contribution in [-0.2, 0) is 5.50 Å². The lowest BCUT2D eigenvalue weighted by molar-refractivity contribution is 0.118. The molecule has 2 aromatic heterocycles. The van der Waals surface area contributed by atoms with Crippen molar-refractivity contribution in [1.29, 1.82) is 0 Å². The highest BCUT2D eigenvalue weighted by Gasteiger charge is 2.41. The molecule has 0 aliphatic heterocycles. The average Bonchev–Trinajstić information content (AvgIpc) is 3.80. The smallest absolute Gasteiger partial charge is 0.150 e. The zero-order valence-electron chi connectivity index (χ0n) is 31.3. The molecule has 0 saturated carbocycles. The van der Waals surface area contributed by atoms with Gasteiger partial charge in [-0.3, -0.25) is 4.57 Å². The molecule has 2 heterocycles. The van der Waals surface area contributed by atoms with Crippen LogP contribution in [0.25, 0.3) is 93.6 Å². The summed E-state index contributed by atoms with van der Waals surface area (Å²) in [6.07, 6.45) is 0. The monoisotopic (exact) mass is 704 g/mol. The van der Waals surface area contributed by atoms with Gasteiger partial charge >= 0.3 is 0 Å². The summed E-state index contributed by atoms with van der Waals surface area (Å²) >= 11 is 0. The number of nitrogens with zero attached hydrogens (tertiary/aromatic N) is 2. The Bertz CT molecular complexity index is 3110. The molecule has 0 aliphatic rings. The highest BCUT2D eigenvalue weighted by molar-refractivity contribution is 6.62. The molecule has 1 unspecified atom stereocenters. The standard InChI is InChI=1S/C47H36B4N2O2/c48-46(54,47(49,50)51)45-52-38-17-7-8-18-39(38)53(45)31-24-21-29(22-25-31)42-32-13-4-5-14-33(32)43(37-27-30(23-26-34(37)42)28-11-2-1-3-12-28)36-16-10-20-41-44(36)35-15-6-9-19-40(35)55-41/h1-27,54H,48-51H2. The fourth-order valence-corrected chi connectivity index (χ4v) is 8.30. The lowest BCUT2D eigenvalue weighted by atomic mass is 9.32. The molecular formula is C47H36B4N2O2. The molecule has 0 aliphatic carbocycles. The number of hydrogen-bond donors (Lipinski definition) is 1. The molecule has 0 fully saturated rings. The third-order valence-corrected chi connectivity index (χ3v) is 11.7. The van der Waals surface area contributed by atoms with Crippen LogP contribution in [0, 0.1) is 0 Å². The summed E-state index contributed by atoms with van der Waals surface area (Å²) in [6, 6.07) is 58.0. The fraction of sp³-hybridized carbons (Fsp3) is 0.0426. The highest BCUT2D eigenvalue weighted by atomic mass is 16.3. The number of aliphatic hydroxyl groups is 1. The van der Waals surface area contributed by atoms with Crippen molar-refractivity contribution in [2.24, 2.45) is 0 Å². The van der Waals surface area contributed by atoms with Gasteiger partial charge in [0, 0.05) is 16.5 Å². The Morgan fingerprint density at radius 2 is 1.13 bits per heavy atom. The van der Waals surface area contributed by atoms with Gasteiger partial charge in [0.25, 0.3) is 0 Å². The molecule has 8 aromatic carbocycles. The lowest BCUT2D eigenvalue weighted by Gasteiger charge is -2.37. The van der Waals surface area contributed by atoms with E-state index in [4.69, 9.17) is 9.40 Å². The number of imidazole rings is 1. The summed E-state index contributed by atoms with van der Waals surface area (Å²) in [5.41, 5.74) is 10.3. The Morgan fingerprint density at radius 3 is 1.89 bits per heavy atom. The number of fused-ring (bicyclic) bond motifs is 6. The number of rotatable bonds is 6. The molecule has 10 rings (SSSR count). The molecule has 4 nitrogen and oxygen atoms in total. The van der Waals surface area contributed by atoms with Crippen LogP contribution in [-0.4, -0.2) is 46.0 Å².